The molecule has 0 radical (unpaired) electrons. The molecule has 8 heteroatoms. The highest BCUT2D eigenvalue weighted by atomic mass is 35.5. The number of alkyl halides is 3. The molecule has 1 aromatic carbocycles. The molecule has 1 N–H and O–H groups in total. The van der Waals surface area contributed by atoms with Crippen LogP contribution in [-0.2, 0) is 15.7 Å². The Kier molecular flexibility index (Phi) is 5.31. The first-order valence-electron chi connectivity index (χ1n) is 6.78. The minimum atomic E-state index is -4.49. The smallest absolute Gasteiger partial charge is 0.379 e. The Morgan fingerprint density at radius 1 is 1.36 bits per heavy atom. The molecule has 0 aliphatic carbocycles. The van der Waals surface area contributed by atoms with Crippen LogP contribution in [-0.4, -0.2) is 43.2 Å². The second-order valence-corrected chi connectivity index (χ2v) is 5.41. The van der Waals surface area contributed by atoms with Gasteiger partial charge in [0.2, 0.25) is 5.91 Å². The molecule has 1 aromatic rings. The highest BCUT2D eigenvalue weighted by molar-refractivity contribution is 6.33. The zero-order valence-corrected chi connectivity index (χ0v) is 12.7. The highest BCUT2D eigenvalue weighted by Crippen LogP contribution is 2.33. The van der Waals surface area contributed by atoms with E-state index < -0.39 is 23.7 Å². The minimum Gasteiger partial charge on any atom is -0.379 e. The molecule has 22 heavy (non-hydrogen) atoms. The zero-order valence-electron chi connectivity index (χ0n) is 11.9. The first-order valence-corrected chi connectivity index (χ1v) is 7.16. The van der Waals surface area contributed by atoms with Gasteiger partial charge in [-0.2, -0.15) is 13.2 Å². The van der Waals surface area contributed by atoms with E-state index in [1.54, 1.807) is 6.92 Å². The molecular weight excluding hydrogens is 321 g/mol. The third-order valence-electron chi connectivity index (χ3n) is 3.52. The first kappa shape index (κ1) is 17.1. The number of hydrogen-bond acceptors (Lipinski definition) is 3. The minimum absolute atomic E-state index is 0.0402. The van der Waals surface area contributed by atoms with E-state index in [1.807, 2.05) is 4.90 Å². The highest BCUT2D eigenvalue weighted by Gasteiger charge is 2.31. The summed E-state index contributed by atoms with van der Waals surface area (Å²) in [5.74, 6) is -0.400. The van der Waals surface area contributed by atoms with Crippen LogP contribution in [0.2, 0.25) is 5.02 Å². The number of amides is 1. The van der Waals surface area contributed by atoms with Crippen molar-refractivity contribution in [3.8, 4) is 0 Å². The Balaban J connectivity index is 2.10. The van der Waals surface area contributed by atoms with Gasteiger partial charge in [0.1, 0.15) is 0 Å². The van der Waals surface area contributed by atoms with Crippen molar-refractivity contribution in [2.24, 2.45) is 0 Å². The summed E-state index contributed by atoms with van der Waals surface area (Å²) in [5, 5.41) is 2.53. The molecule has 2 rings (SSSR count). The standard InChI is InChI=1S/C14H16ClF3N2O2/c1-9(20-4-6-22-7-5-20)13(21)19-12-8-10(14(16,17)18)2-3-11(12)15/h2-3,8-9H,4-7H2,1H3,(H,19,21)/t9-/m1/s1. The number of anilines is 1. The largest absolute Gasteiger partial charge is 0.416 e. The number of hydrogen-bond donors (Lipinski definition) is 1. The number of halogens is 4. The van der Waals surface area contributed by atoms with Gasteiger partial charge in [-0.25, -0.2) is 0 Å². The van der Waals surface area contributed by atoms with Crippen molar-refractivity contribution in [2.75, 3.05) is 31.6 Å². The Morgan fingerprint density at radius 2 is 2.00 bits per heavy atom. The Bertz CT molecular complexity index is 545. The summed E-state index contributed by atoms with van der Waals surface area (Å²) in [6, 6.07) is 2.37. The Hall–Kier alpha value is -1.31. The molecule has 0 bridgehead atoms. The van der Waals surface area contributed by atoms with Gasteiger partial charge in [0.15, 0.2) is 0 Å². The number of rotatable bonds is 3. The molecule has 1 fully saturated rings. The molecule has 122 valence electrons. The van der Waals surface area contributed by atoms with Crippen molar-refractivity contribution >= 4 is 23.2 Å². The molecule has 1 atom stereocenters. The maximum Gasteiger partial charge on any atom is 0.416 e. The molecular formula is C14H16ClF3N2O2. The second-order valence-electron chi connectivity index (χ2n) is 5.01. The van der Waals surface area contributed by atoms with Crippen LogP contribution in [0.3, 0.4) is 0 Å². The second kappa shape index (κ2) is 6.85. The molecule has 1 aliphatic heterocycles. The van der Waals surface area contributed by atoms with Crippen LogP contribution in [0.25, 0.3) is 0 Å². The van der Waals surface area contributed by atoms with E-state index in [4.69, 9.17) is 16.3 Å². The van der Waals surface area contributed by atoms with Gasteiger partial charge in [0.25, 0.3) is 0 Å². The summed E-state index contributed by atoms with van der Waals surface area (Å²) < 4.78 is 43.3. The number of benzene rings is 1. The summed E-state index contributed by atoms with van der Waals surface area (Å²) in [6.45, 7) is 3.96. The molecule has 0 aromatic heterocycles. The van der Waals surface area contributed by atoms with Gasteiger partial charge in [0.05, 0.1) is 35.5 Å². The van der Waals surface area contributed by atoms with Crippen molar-refractivity contribution in [2.45, 2.75) is 19.1 Å². The summed E-state index contributed by atoms with van der Waals surface area (Å²) in [7, 11) is 0. The molecule has 1 amide bonds. The number of nitrogens with one attached hydrogen (secondary N) is 1. The summed E-state index contributed by atoms with van der Waals surface area (Å²) in [4.78, 5) is 14.1. The number of carbonyl (C=O) groups is 1. The molecule has 0 unspecified atom stereocenters. The zero-order chi connectivity index (χ0) is 16.3. The SMILES string of the molecule is C[C@H](C(=O)Nc1cc(C(F)(F)F)ccc1Cl)N1CCOCC1. The van der Waals surface area contributed by atoms with E-state index in [9.17, 15) is 18.0 Å². The number of nitrogens with zero attached hydrogens (tertiary/aromatic N) is 1. The number of morpholine rings is 1. The van der Waals surface area contributed by atoms with Crippen molar-refractivity contribution in [3.63, 3.8) is 0 Å². The lowest BCUT2D eigenvalue weighted by Gasteiger charge is -2.31. The number of carbonyl (C=O) groups excluding carboxylic acids is 1. The lowest BCUT2D eigenvalue weighted by molar-refractivity contribution is -0.137. The van der Waals surface area contributed by atoms with Gasteiger partial charge in [0, 0.05) is 13.1 Å². The van der Waals surface area contributed by atoms with Crippen molar-refractivity contribution in [1.29, 1.82) is 0 Å². The summed E-state index contributed by atoms with van der Waals surface area (Å²) in [5.41, 5.74) is -0.896. The van der Waals surface area contributed by atoms with Crippen LogP contribution in [0.5, 0.6) is 0 Å². The molecule has 0 spiro atoms. The average Bonchev–Trinajstić information content (AvgIpc) is 2.48. The molecule has 1 aliphatic rings. The molecule has 1 saturated heterocycles. The maximum atomic E-state index is 12.7. The van der Waals surface area contributed by atoms with Crippen LogP contribution >= 0.6 is 11.6 Å². The van der Waals surface area contributed by atoms with E-state index >= 15 is 0 Å². The third kappa shape index (κ3) is 4.12. The Morgan fingerprint density at radius 3 is 2.59 bits per heavy atom. The summed E-state index contributed by atoms with van der Waals surface area (Å²) >= 11 is 5.87. The van der Waals surface area contributed by atoms with Crippen LogP contribution in [0.1, 0.15) is 12.5 Å². The van der Waals surface area contributed by atoms with Gasteiger partial charge in [-0.05, 0) is 25.1 Å². The average molecular weight is 337 g/mol. The van der Waals surface area contributed by atoms with Gasteiger partial charge >= 0.3 is 6.18 Å². The topological polar surface area (TPSA) is 41.6 Å². The van der Waals surface area contributed by atoms with Crippen LogP contribution < -0.4 is 5.32 Å². The monoisotopic (exact) mass is 336 g/mol. The quantitative estimate of drug-likeness (QED) is 0.922. The molecule has 0 saturated carbocycles. The first-order chi connectivity index (χ1) is 10.3. The third-order valence-corrected chi connectivity index (χ3v) is 3.85. The van der Waals surface area contributed by atoms with Crippen LogP contribution in [0.15, 0.2) is 18.2 Å². The Labute approximate surface area is 131 Å². The maximum absolute atomic E-state index is 12.7. The molecule has 4 nitrogen and oxygen atoms in total. The fourth-order valence-corrected chi connectivity index (χ4v) is 2.33. The summed E-state index contributed by atoms with van der Waals surface area (Å²) in [6.07, 6.45) is -4.49. The predicted molar refractivity (Wildman–Crippen MR) is 76.9 cm³/mol. The van der Waals surface area contributed by atoms with Gasteiger partial charge in [-0.1, -0.05) is 11.6 Å². The van der Waals surface area contributed by atoms with Crippen LogP contribution in [0, 0.1) is 0 Å². The number of ether oxygens (including phenoxy) is 1. The van der Waals surface area contributed by atoms with Gasteiger partial charge < -0.3 is 10.1 Å². The van der Waals surface area contributed by atoms with Crippen molar-refractivity contribution in [3.05, 3.63) is 28.8 Å². The van der Waals surface area contributed by atoms with E-state index in [2.05, 4.69) is 5.32 Å². The van der Waals surface area contributed by atoms with Crippen LogP contribution in [0.4, 0.5) is 18.9 Å². The van der Waals surface area contributed by atoms with Gasteiger partial charge in [-0.15, -0.1) is 0 Å². The lowest BCUT2D eigenvalue weighted by atomic mass is 10.1. The predicted octanol–water partition coefficient (Wildman–Crippen LogP) is 3.02. The fraction of sp³-hybridized carbons (Fsp3) is 0.500. The van der Waals surface area contributed by atoms with E-state index in [0.717, 1.165) is 18.2 Å². The van der Waals surface area contributed by atoms with E-state index in [-0.39, 0.29) is 10.7 Å². The van der Waals surface area contributed by atoms with E-state index in [1.165, 1.54) is 0 Å². The molecule has 1 heterocycles. The fourth-order valence-electron chi connectivity index (χ4n) is 2.17. The normalized spacial score (nSPS) is 18.0. The lowest BCUT2D eigenvalue weighted by Crippen LogP contribution is -2.47. The van der Waals surface area contributed by atoms with Gasteiger partial charge in [-0.3, -0.25) is 9.69 Å². The van der Waals surface area contributed by atoms with Crippen molar-refractivity contribution < 1.29 is 22.7 Å². The van der Waals surface area contributed by atoms with E-state index in [0.29, 0.717) is 26.3 Å². The van der Waals surface area contributed by atoms with Crippen molar-refractivity contribution in [1.82, 2.24) is 4.90 Å².